The van der Waals surface area contributed by atoms with E-state index in [1.54, 1.807) is 6.07 Å². The lowest BCUT2D eigenvalue weighted by molar-refractivity contribution is -0.130. The largest absolute Gasteiger partial charge is 0.478 e. The molecule has 0 unspecified atom stereocenters. The summed E-state index contributed by atoms with van der Waals surface area (Å²) >= 11 is 0. The molecule has 2 rings (SSSR count). The maximum absolute atomic E-state index is 12.0. The van der Waals surface area contributed by atoms with Gasteiger partial charge in [-0.25, -0.2) is 0 Å². The summed E-state index contributed by atoms with van der Waals surface area (Å²) in [6.45, 7) is 7.00. The third-order valence-corrected chi connectivity index (χ3v) is 3.42. The fourth-order valence-corrected chi connectivity index (χ4v) is 2.26. The van der Waals surface area contributed by atoms with Gasteiger partial charge in [-0.05, 0) is 44.9 Å². The molecule has 6 heteroatoms. The van der Waals surface area contributed by atoms with Gasteiger partial charge in [-0.1, -0.05) is 6.07 Å². The summed E-state index contributed by atoms with van der Waals surface area (Å²) in [5.74, 6) is 0.102. The van der Waals surface area contributed by atoms with Gasteiger partial charge in [-0.15, -0.1) is 0 Å². The molecule has 2 N–H and O–H groups in total. The number of carbonyl (C=O) groups is 2. The van der Waals surface area contributed by atoms with Crippen LogP contribution < -0.4 is 15.4 Å². The zero-order valence-electron chi connectivity index (χ0n) is 13.8. The molecule has 126 valence electrons. The summed E-state index contributed by atoms with van der Waals surface area (Å²) in [7, 11) is 0. The van der Waals surface area contributed by atoms with E-state index in [0.717, 1.165) is 12.0 Å². The van der Waals surface area contributed by atoms with Gasteiger partial charge in [0.05, 0.1) is 18.2 Å². The minimum Gasteiger partial charge on any atom is -0.478 e. The summed E-state index contributed by atoms with van der Waals surface area (Å²) in [6.07, 6.45) is 0.138. The fourth-order valence-electron chi connectivity index (χ4n) is 2.26. The summed E-state index contributed by atoms with van der Waals surface area (Å²) in [5, 5.41) is 5.56. The van der Waals surface area contributed by atoms with Crippen LogP contribution in [-0.4, -0.2) is 37.2 Å². The number of rotatable bonds is 7. The molecule has 0 fully saturated rings. The summed E-state index contributed by atoms with van der Waals surface area (Å²) in [6, 6.07) is 5.55. The Labute approximate surface area is 136 Å². The molecule has 1 atom stereocenters. The van der Waals surface area contributed by atoms with Gasteiger partial charge in [-0.2, -0.15) is 0 Å². The van der Waals surface area contributed by atoms with Crippen molar-refractivity contribution < 1.29 is 19.1 Å². The number of benzene rings is 1. The average molecular weight is 320 g/mol. The Kier molecular flexibility index (Phi) is 5.98. The molecule has 0 saturated heterocycles. The molecule has 2 amide bonds. The molecule has 1 aliphatic heterocycles. The molecule has 0 bridgehead atoms. The second kappa shape index (κ2) is 7.97. The fraction of sp³-hybridized carbons (Fsp3) is 0.529. The lowest BCUT2D eigenvalue weighted by Crippen LogP contribution is -2.41. The third kappa shape index (κ3) is 5.25. The lowest BCUT2D eigenvalue weighted by atomic mass is 10.1. The van der Waals surface area contributed by atoms with Crippen molar-refractivity contribution >= 4 is 17.5 Å². The molecule has 1 aliphatic rings. The summed E-state index contributed by atoms with van der Waals surface area (Å²) < 4.78 is 11.0. The first kappa shape index (κ1) is 17.3. The SMILES string of the molecule is Cc1ccc2c(c1)NC(=O)[C@@H](CC(=O)NCCCOC(C)C)O2. The maximum Gasteiger partial charge on any atom is 0.266 e. The van der Waals surface area contributed by atoms with Crippen LogP contribution in [-0.2, 0) is 14.3 Å². The Bertz CT molecular complexity index is 572. The standard InChI is InChI=1S/C17H24N2O4/c1-11(2)22-8-4-7-18-16(20)10-15-17(21)19-13-9-12(3)5-6-14(13)23-15/h5-6,9,11,15H,4,7-8,10H2,1-3H3,(H,18,20)(H,19,21)/t15-/m1/s1. The third-order valence-electron chi connectivity index (χ3n) is 3.42. The summed E-state index contributed by atoms with van der Waals surface area (Å²) in [5.41, 5.74) is 1.69. The topological polar surface area (TPSA) is 76.7 Å². The van der Waals surface area contributed by atoms with Gasteiger partial charge in [0.2, 0.25) is 5.91 Å². The van der Waals surface area contributed by atoms with Crippen molar-refractivity contribution in [3.05, 3.63) is 23.8 Å². The molecule has 23 heavy (non-hydrogen) atoms. The number of anilines is 1. The van der Waals surface area contributed by atoms with Crippen LogP contribution in [0.5, 0.6) is 5.75 Å². The molecular weight excluding hydrogens is 296 g/mol. The van der Waals surface area contributed by atoms with Crippen LogP contribution in [0, 0.1) is 6.92 Å². The minimum atomic E-state index is -0.794. The van der Waals surface area contributed by atoms with Gasteiger partial charge < -0.3 is 20.1 Å². The van der Waals surface area contributed by atoms with E-state index in [1.807, 2.05) is 32.9 Å². The first-order chi connectivity index (χ1) is 11.0. The van der Waals surface area contributed by atoms with E-state index in [1.165, 1.54) is 0 Å². The molecule has 0 aromatic heterocycles. The van der Waals surface area contributed by atoms with Crippen molar-refractivity contribution in [3.63, 3.8) is 0 Å². The average Bonchev–Trinajstić information content (AvgIpc) is 2.47. The van der Waals surface area contributed by atoms with Crippen LogP contribution in [0.3, 0.4) is 0 Å². The van der Waals surface area contributed by atoms with Crippen LogP contribution >= 0.6 is 0 Å². The highest BCUT2D eigenvalue weighted by Gasteiger charge is 2.29. The smallest absolute Gasteiger partial charge is 0.266 e. The van der Waals surface area contributed by atoms with Crippen molar-refractivity contribution in [2.45, 2.75) is 45.8 Å². The maximum atomic E-state index is 12.0. The van der Waals surface area contributed by atoms with Crippen molar-refractivity contribution in [1.82, 2.24) is 5.32 Å². The number of amides is 2. The predicted molar refractivity (Wildman–Crippen MR) is 87.6 cm³/mol. The van der Waals surface area contributed by atoms with Crippen LogP contribution in [0.15, 0.2) is 18.2 Å². The molecule has 0 aliphatic carbocycles. The van der Waals surface area contributed by atoms with Crippen molar-refractivity contribution in [1.29, 1.82) is 0 Å². The van der Waals surface area contributed by atoms with Gasteiger partial charge >= 0.3 is 0 Å². The van der Waals surface area contributed by atoms with Gasteiger partial charge in [0.25, 0.3) is 5.91 Å². The Hall–Kier alpha value is -2.08. The van der Waals surface area contributed by atoms with Crippen molar-refractivity contribution in [2.75, 3.05) is 18.5 Å². The lowest BCUT2D eigenvalue weighted by Gasteiger charge is -2.25. The normalized spacial score (nSPS) is 16.5. The number of carbonyl (C=O) groups excluding carboxylic acids is 2. The molecule has 0 saturated carbocycles. The molecule has 0 radical (unpaired) electrons. The first-order valence-corrected chi connectivity index (χ1v) is 7.92. The number of fused-ring (bicyclic) bond motifs is 1. The highest BCUT2D eigenvalue weighted by Crippen LogP contribution is 2.30. The van der Waals surface area contributed by atoms with Gasteiger partial charge in [0, 0.05) is 13.2 Å². The quantitative estimate of drug-likeness (QED) is 0.754. The van der Waals surface area contributed by atoms with E-state index in [4.69, 9.17) is 9.47 Å². The van der Waals surface area contributed by atoms with Crippen molar-refractivity contribution in [3.8, 4) is 5.75 Å². The highest BCUT2D eigenvalue weighted by molar-refractivity contribution is 6.00. The minimum absolute atomic E-state index is 0.00415. The molecular formula is C17H24N2O4. The molecule has 1 aromatic rings. The Balaban J connectivity index is 1.78. The van der Waals surface area contributed by atoms with Gasteiger partial charge in [-0.3, -0.25) is 9.59 Å². The second-order valence-electron chi connectivity index (χ2n) is 5.92. The van der Waals surface area contributed by atoms with Crippen LogP contribution in [0.2, 0.25) is 0 Å². The highest BCUT2D eigenvalue weighted by atomic mass is 16.5. The Morgan fingerprint density at radius 1 is 1.43 bits per heavy atom. The van der Waals surface area contributed by atoms with Crippen LogP contribution in [0.25, 0.3) is 0 Å². The molecule has 6 nitrogen and oxygen atoms in total. The predicted octanol–water partition coefficient (Wildman–Crippen LogP) is 2.02. The zero-order chi connectivity index (χ0) is 16.8. The van der Waals surface area contributed by atoms with Gasteiger partial charge in [0.15, 0.2) is 6.10 Å². The summed E-state index contributed by atoms with van der Waals surface area (Å²) in [4.78, 5) is 23.9. The molecule has 1 aromatic carbocycles. The number of hydrogen-bond donors (Lipinski definition) is 2. The van der Waals surface area contributed by atoms with E-state index in [0.29, 0.717) is 24.6 Å². The number of nitrogens with one attached hydrogen (secondary N) is 2. The first-order valence-electron chi connectivity index (χ1n) is 7.92. The van der Waals surface area contributed by atoms with Crippen LogP contribution in [0.4, 0.5) is 5.69 Å². The number of ether oxygens (including phenoxy) is 2. The Morgan fingerprint density at radius 3 is 2.96 bits per heavy atom. The second-order valence-corrected chi connectivity index (χ2v) is 5.92. The van der Waals surface area contributed by atoms with E-state index in [-0.39, 0.29) is 24.3 Å². The number of aryl methyl sites for hydroxylation is 1. The van der Waals surface area contributed by atoms with Crippen LogP contribution in [0.1, 0.15) is 32.3 Å². The zero-order valence-corrected chi connectivity index (χ0v) is 13.8. The Morgan fingerprint density at radius 2 is 2.22 bits per heavy atom. The van der Waals surface area contributed by atoms with E-state index in [9.17, 15) is 9.59 Å². The van der Waals surface area contributed by atoms with E-state index >= 15 is 0 Å². The monoisotopic (exact) mass is 320 g/mol. The molecule has 0 spiro atoms. The van der Waals surface area contributed by atoms with Crippen molar-refractivity contribution in [2.24, 2.45) is 0 Å². The van der Waals surface area contributed by atoms with E-state index in [2.05, 4.69) is 10.6 Å². The molecule has 1 heterocycles. The van der Waals surface area contributed by atoms with E-state index < -0.39 is 6.10 Å². The number of hydrogen-bond acceptors (Lipinski definition) is 4. The van der Waals surface area contributed by atoms with Gasteiger partial charge in [0.1, 0.15) is 5.75 Å².